The van der Waals surface area contributed by atoms with Gasteiger partial charge in [0.25, 0.3) is 5.91 Å². The van der Waals surface area contributed by atoms with Crippen molar-refractivity contribution in [2.75, 3.05) is 6.54 Å². The lowest BCUT2D eigenvalue weighted by molar-refractivity contribution is -0.126. The van der Waals surface area contributed by atoms with Crippen LogP contribution in [0.25, 0.3) is 22.0 Å². The first-order chi connectivity index (χ1) is 13.5. The fourth-order valence-corrected chi connectivity index (χ4v) is 4.03. The molecule has 0 saturated heterocycles. The number of aryl methyl sites for hydroxylation is 1. The zero-order chi connectivity index (χ0) is 19.4. The Balaban J connectivity index is 1.49. The Kier molecular flexibility index (Phi) is 3.69. The van der Waals surface area contributed by atoms with E-state index in [0.29, 0.717) is 18.5 Å². The average Bonchev–Trinajstić information content (AvgIpc) is 3.33. The zero-order valence-electron chi connectivity index (χ0n) is 15.2. The number of benzene rings is 2. The van der Waals surface area contributed by atoms with E-state index in [-0.39, 0.29) is 18.0 Å². The largest absolute Gasteiger partial charge is 0.330 e. The van der Waals surface area contributed by atoms with Crippen LogP contribution < -0.4 is 0 Å². The standard InChI is InChI=1S/C22H17F2N3O/c1-26-11-17-15(5-3-7-21(17)25-26)14-8-19(23)18(20(24)9-14)12-27-10-13-4-2-6-16(13)22(27)28/h2-5,7-9,11H,6,10,12H2,1H3. The number of aromatic nitrogens is 2. The Labute approximate surface area is 160 Å². The molecule has 4 nitrogen and oxygen atoms in total. The number of rotatable bonds is 3. The molecular weight excluding hydrogens is 360 g/mol. The van der Waals surface area contributed by atoms with E-state index in [1.165, 1.54) is 17.0 Å². The topological polar surface area (TPSA) is 38.1 Å². The van der Waals surface area contributed by atoms with Crippen molar-refractivity contribution < 1.29 is 13.6 Å². The average molecular weight is 377 g/mol. The Morgan fingerprint density at radius 3 is 2.71 bits per heavy atom. The van der Waals surface area contributed by atoms with Crippen molar-refractivity contribution >= 4 is 16.8 Å². The van der Waals surface area contributed by atoms with Crippen LogP contribution in [0, 0.1) is 11.6 Å². The highest BCUT2D eigenvalue weighted by molar-refractivity contribution is 5.99. The Bertz CT molecular complexity index is 1180. The molecule has 28 heavy (non-hydrogen) atoms. The summed E-state index contributed by atoms with van der Waals surface area (Å²) in [4.78, 5) is 13.9. The molecule has 1 aliphatic carbocycles. The lowest BCUT2D eigenvalue weighted by Gasteiger charge is -2.19. The molecule has 2 aliphatic rings. The van der Waals surface area contributed by atoms with Crippen LogP contribution in [0.5, 0.6) is 0 Å². The first-order valence-corrected chi connectivity index (χ1v) is 9.10. The molecule has 1 amide bonds. The second-order valence-electron chi connectivity index (χ2n) is 7.23. The fourth-order valence-electron chi connectivity index (χ4n) is 4.03. The van der Waals surface area contributed by atoms with Crippen LogP contribution in [0.2, 0.25) is 0 Å². The Hall–Kier alpha value is -3.28. The van der Waals surface area contributed by atoms with Gasteiger partial charge >= 0.3 is 0 Å². The molecule has 5 rings (SSSR count). The van der Waals surface area contributed by atoms with Gasteiger partial charge in [-0.1, -0.05) is 24.3 Å². The van der Waals surface area contributed by atoms with Crippen LogP contribution in [0.15, 0.2) is 59.8 Å². The van der Waals surface area contributed by atoms with E-state index in [1.54, 1.807) is 4.68 Å². The van der Waals surface area contributed by atoms with Crippen molar-refractivity contribution in [3.63, 3.8) is 0 Å². The zero-order valence-corrected chi connectivity index (χ0v) is 15.2. The minimum atomic E-state index is -0.647. The van der Waals surface area contributed by atoms with Crippen molar-refractivity contribution in [2.24, 2.45) is 7.05 Å². The van der Waals surface area contributed by atoms with Gasteiger partial charge in [0.1, 0.15) is 11.6 Å². The van der Waals surface area contributed by atoms with Crippen LogP contribution in [-0.4, -0.2) is 27.1 Å². The number of halogens is 2. The first-order valence-electron chi connectivity index (χ1n) is 9.10. The van der Waals surface area contributed by atoms with Crippen LogP contribution in [0.4, 0.5) is 8.78 Å². The highest BCUT2D eigenvalue weighted by Crippen LogP contribution is 2.33. The number of nitrogens with zero attached hydrogens (tertiary/aromatic N) is 3. The highest BCUT2D eigenvalue weighted by Gasteiger charge is 2.31. The number of amides is 1. The van der Waals surface area contributed by atoms with Crippen molar-refractivity contribution in [3.05, 3.63) is 77.0 Å². The van der Waals surface area contributed by atoms with Crippen molar-refractivity contribution in [2.45, 2.75) is 13.0 Å². The van der Waals surface area contributed by atoms with Gasteiger partial charge < -0.3 is 4.90 Å². The van der Waals surface area contributed by atoms with Gasteiger partial charge in [-0.05, 0) is 41.3 Å². The normalized spacial score (nSPS) is 16.0. The number of fused-ring (bicyclic) bond motifs is 1. The predicted molar refractivity (Wildman–Crippen MR) is 102 cm³/mol. The third-order valence-electron chi connectivity index (χ3n) is 5.40. The molecule has 0 unspecified atom stereocenters. The molecule has 6 heteroatoms. The van der Waals surface area contributed by atoms with Crippen LogP contribution in [0.1, 0.15) is 12.0 Å². The molecule has 1 aliphatic heterocycles. The van der Waals surface area contributed by atoms with Crippen molar-refractivity contribution in [1.82, 2.24) is 14.7 Å². The molecule has 3 aromatic rings. The molecule has 140 valence electrons. The Morgan fingerprint density at radius 1 is 1.18 bits per heavy atom. The maximum Gasteiger partial charge on any atom is 0.251 e. The minimum absolute atomic E-state index is 0.0747. The molecule has 0 N–H and O–H groups in total. The molecule has 2 heterocycles. The summed E-state index contributed by atoms with van der Waals surface area (Å²) in [5.41, 5.74) is 3.54. The molecule has 1 aromatic heterocycles. The molecule has 0 bridgehead atoms. The van der Waals surface area contributed by atoms with E-state index >= 15 is 0 Å². The predicted octanol–water partition coefficient (Wildman–Crippen LogP) is 4.12. The van der Waals surface area contributed by atoms with Crippen molar-refractivity contribution in [3.8, 4) is 11.1 Å². The summed E-state index contributed by atoms with van der Waals surface area (Å²) >= 11 is 0. The van der Waals surface area contributed by atoms with Gasteiger partial charge in [-0.15, -0.1) is 0 Å². The third-order valence-corrected chi connectivity index (χ3v) is 5.40. The molecule has 0 fully saturated rings. The van der Waals surface area contributed by atoms with Crippen LogP contribution in [-0.2, 0) is 18.4 Å². The van der Waals surface area contributed by atoms with E-state index in [0.717, 1.165) is 27.6 Å². The second-order valence-corrected chi connectivity index (χ2v) is 7.23. The van der Waals surface area contributed by atoms with Gasteiger partial charge in [0.2, 0.25) is 0 Å². The van der Waals surface area contributed by atoms with E-state index in [9.17, 15) is 13.6 Å². The smallest absolute Gasteiger partial charge is 0.251 e. The number of hydrogen-bond donors (Lipinski definition) is 0. The summed E-state index contributed by atoms with van der Waals surface area (Å²) in [6, 6.07) is 8.17. The summed E-state index contributed by atoms with van der Waals surface area (Å²) < 4.78 is 31.4. The monoisotopic (exact) mass is 377 g/mol. The molecule has 0 saturated carbocycles. The van der Waals surface area contributed by atoms with Gasteiger partial charge in [0.15, 0.2) is 0 Å². The summed E-state index contributed by atoms with van der Waals surface area (Å²) in [7, 11) is 1.81. The van der Waals surface area contributed by atoms with E-state index in [4.69, 9.17) is 0 Å². The SMILES string of the molecule is Cn1cc2c(-c3cc(F)c(CN4CC5=C(CC=C5)C4=O)c(F)c3)cccc2n1. The van der Waals surface area contributed by atoms with Gasteiger partial charge in [-0.2, -0.15) is 5.10 Å². The second kappa shape index (κ2) is 6.12. The molecule has 2 aromatic carbocycles. The summed E-state index contributed by atoms with van der Waals surface area (Å²) in [6.07, 6.45) is 6.29. The van der Waals surface area contributed by atoms with E-state index in [1.807, 2.05) is 43.6 Å². The van der Waals surface area contributed by atoms with E-state index < -0.39 is 11.6 Å². The quantitative estimate of drug-likeness (QED) is 0.689. The van der Waals surface area contributed by atoms with Crippen molar-refractivity contribution in [1.29, 1.82) is 0 Å². The third kappa shape index (κ3) is 2.56. The van der Waals surface area contributed by atoms with Crippen LogP contribution in [0.3, 0.4) is 0 Å². The number of carbonyl (C=O) groups is 1. The first kappa shape index (κ1) is 16.9. The fraction of sp³-hybridized carbons (Fsp3) is 0.182. The maximum atomic E-state index is 14.8. The lowest BCUT2D eigenvalue weighted by Crippen LogP contribution is -2.28. The van der Waals surface area contributed by atoms with E-state index in [2.05, 4.69) is 5.10 Å². The van der Waals surface area contributed by atoms with Crippen LogP contribution >= 0.6 is 0 Å². The Morgan fingerprint density at radius 2 is 1.96 bits per heavy atom. The number of allylic oxidation sites excluding steroid dienone is 1. The number of hydrogen-bond acceptors (Lipinski definition) is 2. The van der Waals surface area contributed by atoms with Gasteiger partial charge in [-0.3, -0.25) is 9.48 Å². The molecular formula is C22H17F2N3O. The molecule has 0 spiro atoms. The lowest BCUT2D eigenvalue weighted by atomic mass is 9.99. The van der Waals surface area contributed by atoms with Gasteiger partial charge in [0.05, 0.1) is 12.1 Å². The summed E-state index contributed by atoms with van der Waals surface area (Å²) in [6.45, 7) is 0.328. The number of carbonyl (C=O) groups excluding carboxylic acids is 1. The summed E-state index contributed by atoms with van der Waals surface area (Å²) in [5, 5.41) is 5.17. The van der Waals surface area contributed by atoms with Gasteiger partial charge in [-0.25, -0.2) is 8.78 Å². The molecule has 0 radical (unpaired) electrons. The maximum absolute atomic E-state index is 14.8. The van der Waals surface area contributed by atoms with Gasteiger partial charge in [0, 0.05) is 36.3 Å². The highest BCUT2D eigenvalue weighted by atomic mass is 19.1. The summed E-state index contributed by atoms with van der Waals surface area (Å²) in [5.74, 6) is -1.43. The minimum Gasteiger partial charge on any atom is -0.330 e. The molecule has 0 atom stereocenters.